The van der Waals surface area contributed by atoms with Gasteiger partial charge in [0.2, 0.25) is 11.8 Å². The predicted octanol–water partition coefficient (Wildman–Crippen LogP) is 2.28. The third-order valence-electron chi connectivity index (χ3n) is 4.50. The number of nitrogens with one attached hydrogen (secondary N) is 3. The molecule has 0 bridgehead atoms. The van der Waals surface area contributed by atoms with E-state index in [4.69, 9.17) is 9.47 Å². The number of para-hydroxylation sites is 1. The predicted molar refractivity (Wildman–Crippen MR) is 123 cm³/mol. The second kappa shape index (κ2) is 11.4. The molecule has 0 radical (unpaired) electrons. The maximum atomic E-state index is 12.5. The molecule has 3 N–H and O–H groups in total. The third-order valence-corrected chi connectivity index (χ3v) is 5.58. The van der Waals surface area contributed by atoms with E-state index in [0.717, 1.165) is 5.69 Å². The summed E-state index contributed by atoms with van der Waals surface area (Å²) >= 11 is 1.21. The van der Waals surface area contributed by atoms with Crippen molar-refractivity contribution in [2.75, 3.05) is 26.1 Å². The first-order valence-corrected chi connectivity index (χ1v) is 10.7. The Hall–Kier alpha value is -3.21. The van der Waals surface area contributed by atoms with Crippen LogP contribution < -0.4 is 16.0 Å². The van der Waals surface area contributed by atoms with E-state index in [1.165, 1.54) is 26.0 Å². The lowest BCUT2D eigenvalue weighted by Crippen LogP contribution is -2.34. The highest BCUT2D eigenvalue weighted by molar-refractivity contribution is 8.15. The SMILES string of the molecule is COC(CNC(=O)c1cccc(NC(=O)C[C@@H]2SC(=Nc3ccccc3)NC2=O)c1)OC. The number of hydrogen-bond donors (Lipinski definition) is 3. The minimum atomic E-state index is -0.580. The molecule has 1 saturated heterocycles. The number of aliphatic imine (C=N–C) groups is 1. The van der Waals surface area contributed by atoms with Crippen molar-refractivity contribution in [3.63, 3.8) is 0 Å². The molecule has 1 atom stereocenters. The van der Waals surface area contributed by atoms with Crippen LogP contribution in [0.1, 0.15) is 16.8 Å². The lowest BCUT2D eigenvalue weighted by molar-refractivity contribution is -0.122. The molecule has 2 aromatic carbocycles. The molecule has 3 rings (SSSR count). The van der Waals surface area contributed by atoms with E-state index in [9.17, 15) is 14.4 Å². The van der Waals surface area contributed by atoms with Gasteiger partial charge in [-0.1, -0.05) is 36.0 Å². The molecule has 32 heavy (non-hydrogen) atoms. The highest BCUT2D eigenvalue weighted by atomic mass is 32.2. The second-order valence-electron chi connectivity index (χ2n) is 6.79. The number of carbonyl (C=O) groups is 3. The number of anilines is 1. The number of nitrogens with zero attached hydrogens (tertiary/aromatic N) is 1. The van der Waals surface area contributed by atoms with Crippen LogP contribution in [0.5, 0.6) is 0 Å². The van der Waals surface area contributed by atoms with Crippen molar-refractivity contribution < 1.29 is 23.9 Å². The number of methoxy groups -OCH3 is 2. The number of amides is 3. The van der Waals surface area contributed by atoms with Gasteiger partial charge in [-0.3, -0.25) is 14.4 Å². The van der Waals surface area contributed by atoms with Gasteiger partial charge in [0.05, 0.1) is 12.2 Å². The molecule has 1 heterocycles. The fourth-order valence-electron chi connectivity index (χ4n) is 2.87. The van der Waals surface area contributed by atoms with Gasteiger partial charge in [0.1, 0.15) is 5.25 Å². The van der Waals surface area contributed by atoms with Gasteiger partial charge in [-0.25, -0.2) is 4.99 Å². The van der Waals surface area contributed by atoms with E-state index in [1.807, 2.05) is 30.3 Å². The highest BCUT2D eigenvalue weighted by Gasteiger charge is 2.32. The van der Waals surface area contributed by atoms with Crippen LogP contribution in [0.15, 0.2) is 59.6 Å². The molecule has 0 unspecified atom stereocenters. The smallest absolute Gasteiger partial charge is 0.251 e. The van der Waals surface area contributed by atoms with Crippen molar-refractivity contribution >= 4 is 46.0 Å². The van der Waals surface area contributed by atoms with Crippen molar-refractivity contribution in [3.8, 4) is 0 Å². The van der Waals surface area contributed by atoms with E-state index in [-0.39, 0.29) is 30.7 Å². The maximum absolute atomic E-state index is 12.5. The summed E-state index contributed by atoms with van der Waals surface area (Å²) in [5.41, 5.74) is 1.55. The lowest BCUT2D eigenvalue weighted by Gasteiger charge is -2.14. The number of hydrogen-bond acceptors (Lipinski definition) is 7. The molecule has 0 aliphatic carbocycles. The van der Waals surface area contributed by atoms with E-state index >= 15 is 0 Å². The summed E-state index contributed by atoms with van der Waals surface area (Å²) in [5, 5.41) is 8.02. The summed E-state index contributed by atoms with van der Waals surface area (Å²) < 4.78 is 10.1. The van der Waals surface area contributed by atoms with E-state index in [2.05, 4.69) is 20.9 Å². The average Bonchev–Trinajstić information content (AvgIpc) is 3.13. The summed E-state index contributed by atoms with van der Waals surface area (Å²) in [6, 6.07) is 15.8. The number of carbonyl (C=O) groups excluding carboxylic acids is 3. The van der Waals surface area contributed by atoms with Crippen LogP contribution in [0.4, 0.5) is 11.4 Å². The van der Waals surface area contributed by atoms with Crippen LogP contribution in [0.3, 0.4) is 0 Å². The zero-order valence-electron chi connectivity index (χ0n) is 17.7. The van der Waals surface area contributed by atoms with Gasteiger partial charge in [0.25, 0.3) is 5.91 Å². The van der Waals surface area contributed by atoms with Crippen molar-refractivity contribution in [1.29, 1.82) is 0 Å². The van der Waals surface area contributed by atoms with Gasteiger partial charge in [-0.15, -0.1) is 0 Å². The summed E-state index contributed by atoms with van der Waals surface area (Å²) in [7, 11) is 2.96. The van der Waals surface area contributed by atoms with Gasteiger partial charge in [0, 0.05) is 31.9 Å². The van der Waals surface area contributed by atoms with E-state index in [0.29, 0.717) is 16.4 Å². The topological polar surface area (TPSA) is 118 Å². The molecule has 3 amide bonds. The van der Waals surface area contributed by atoms with Gasteiger partial charge in [-0.2, -0.15) is 0 Å². The lowest BCUT2D eigenvalue weighted by atomic mass is 10.1. The Morgan fingerprint density at radius 2 is 1.88 bits per heavy atom. The molecule has 1 aliphatic heterocycles. The number of rotatable bonds is 9. The van der Waals surface area contributed by atoms with Crippen LogP contribution in [0.25, 0.3) is 0 Å². The first kappa shape index (κ1) is 23.5. The molecular formula is C22H24N4O5S. The Kier molecular flexibility index (Phi) is 8.37. The molecular weight excluding hydrogens is 432 g/mol. The monoisotopic (exact) mass is 456 g/mol. The average molecular weight is 457 g/mol. The fraction of sp³-hybridized carbons (Fsp3) is 0.273. The minimum absolute atomic E-state index is 0.0237. The molecule has 1 fully saturated rings. The highest BCUT2D eigenvalue weighted by Crippen LogP contribution is 2.25. The van der Waals surface area contributed by atoms with Gasteiger partial charge in [-0.05, 0) is 30.3 Å². The summed E-state index contributed by atoms with van der Waals surface area (Å²) in [5.74, 6) is -0.929. The molecule has 1 aliphatic rings. The number of benzene rings is 2. The van der Waals surface area contributed by atoms with Crippen LogP contribution in [-0.4, -0.2) is 55.2 Å². The van der Waals surface area contributed by atoms with Crippen LogP contribution in [-0.2, 0) is 19.1 Å². The zero-order valence-corrected chi connectivity index (χ0v) is 18.5. The summed E-state index contributed by atoms with van der Waals surface area (Å²) in [4.78, 5) is 41.4. The molecule has 2 aromatic rings. The maximum Gasteiger partial charge on any atom is 0.251 e. The fourth-order valence-corrected chi connectivity index (χ4v) is 3.86. The summed E-state index contributed by atoms with van der Waals surface area (Å²) in [6.07, 6.45) is -0.573. The van der Waals surface area contributed by atoms with Crippen molar-refractivity contribution in [2.24, 2.45) is 4.99 Å². The Morgan fingerprint density at radius 1 is 1.12 bits per heavy atom. The molecule has 168 valence electrons. The standard InChI is InChI=1S/C22H24N4O5S/c1-30-19(31-2)13-23-20(28)14-7-6-10-16(11-14)24-18(27)12-17-21(29)26-22(32-17)25-15-8-4-3-5-9-15/h3-11,17,19H,12-13H2,1-2H3,(H,23,28)(H,24,27)(H,25,26,29)/t17-/m0/s1. The minimum Gasteiger partial charge on any atom is -0.354 e. The van der Waals surface area contributed by atoms with Gasteiger partial charge < -0.3 is 25.4 Å². The largest absolute Gasteiger partial charge is 0.354 e. The first-order chi connectivity index (χ1) is 15.5. The second-order valence-corrected chi connectivity index (χ2v) is 7.98. The van der Waals surface area contributed by atoms with Crippen molar-refractivity contribution in [3.05, 3.63) is 60.2 Å². The molecule has 10 heteroatoms. The van der Waals surface area contributed by atoms with E-state index in [1.54, 1.807) is 24.3 Å². The molecule has 0 aromatic heterocycles. The first-order valence-electron chi connectivity index (χ1n) is 9.83. The Labute approximate surface area is 190 Å². The normalized spacial score (nSPS) is 16.8. The number of thioether (sulfide) groups is 1. The van der Waals surface area contributed by atoms with Crippen LogP contribution >= 0.6 is 11.8 Å². The Morgan fingerprint density at radius 3 is 2.59 bits per heavy atom. The molecule has 0 saturated carbocycles. The van der Waals surface area contributed by atoms with Crippen molar-refractivity contribution in [1.82, 2.24) is 10.6 Å². The zero-order chi connectivity index (χ0) is 22.9. The third kappa shape index (κ3) is 6.64. The van der Waals surface area contributed by atoms with E-state index < -0.39 is 11.5 Å². The Bertz CT molecular complexity index is 995. The number of ether oxygens (including phenoxy) is 2. The molecule has 0 spiro atoms. The molecule has 9 nitrogen and oxygen atoms in total. The van der Waals surface area contributed by atoms with Crippen LogP contribution in [0.2, 0.25) is 0 Å². The quantitative estimate of drug-likeness (QED) is 0.498. The Balaban J connectivity index is 1.55. The van der Waals surface area contributed by atoms with Crippen molar-refractivity contribution in [2.45, 2.75) is 18.0 Å². The van der Waals surface area contributed by atoms with Crippen LogP contribution in [0, 0.1) is 0 Å². The number of amidine groups is 1. The summed E-state index contributed by atoms with van der Waals surface area (Å²) in [6.45, 7) is 0.184. The van der Waals surface area contributed by atoms with Gasteiger partial charge >= 0.3 is 0 Å². The van der Waals surface area contributed by atoms with Gasteiger partial charge in [0.15, 0.2) is 11.5 Å².